The van der Waals surface area contributed by atoms with Crippen LogP contribution in [0.15, 0.2) is 77.4 Å². The summed E-state index contributed by atoms with van der Waals surface area (Å²) in [6.45, 7) is 2.39. The molecule has 3 aromatic rings. The Kier molecular flexibility index (Phi) is 7.19. The number of carbonyl (C=O) groups is 2. The lowest BCUT2D eigenvalue weighted by atomic mass is 10.2. The molecule has 6 nitrogen and oxygen atoms in total. The van der Waals surface area contributed by atoms with Crippen molar-refractivity contribution in [1.29, 1.82) is 0 Å². The molecule has 0 fully saturated rings. The monoisotopic (exact) mass is 391 g/mol. The Morgan fingerprint density at radius 3 is 2.38 bits per heavy atom. The van der Waals surface area contributed by atoms with Crippen LogP contribution in [0.5, 0.6) is 0 Å². The van der Waals surface area contributed by atoms with E-state index in [-0.39, 0.29) is 17.6 Å². The summed E-state index contributed by atoms with van der Waals surface area (Å²) >= 11 is 0. The van der Waals surface area contributed by atoms with Crippen molar-refractivity contribution in [1.82, 2.24) is 10.2 Å². The maximum Gasteiger partial charge on any atom is 0.291 e. The predicted molar refractivity (Wildman–Crippen MR) is 113 cm³/mol. The number of hydrogen-bond acceptors (Lipinski definition) is 4. The van der Waals surface area contributed by atoms with Crippen LogP contribution in [-0.2, 0) is 6.54 Å². The maximum absolute atomic E-state index is 12.3. The van der Waals surface area contributed by atoms with E-state index in [1.165, 1.54) is 11.8 Å². The first-order valence-corrected chi connectivity index (χ1v) is 9.57. The average molecular weight is 391 g/mol. The van der Waals surface area contributed by atoms with E-state index in [4.69, 9.17) is 4.42 Å². The Balaban J connectivity index is 1.38. The van der Waals surface area contributed by atoms with Gasteiger partial charge in [-0.1, -0.05) is 30.3 Å². The fourth-order valence-corrected chi connectivity index (χ4v) is 2.93. The molecule has 0 spiro atoms. The minimum atomic E-state index is -0.327. The van der Waals surface area contributed by atoms with Gasteiger partial charge in [-0.2, -0.15) is 0 Å². The first kappa shape index (κ1) is 20.4. The van der Waals surface area contributed by atoms with Gasteiger partial charge >= 0.3 is 0 Å². The molecule has 2 N–H and O–H groups in total. The molecule has 0 aliphatic heterocycles. The van der Waals surface area contributed by atoms with Gasteiger partial charge in [0.2, 0.25) is 0 Å². The normalized spacial score (nSPS) is 10.7. The van der Waals surface area contributed by atoms with Crippen LogP contribution in [0.25, 0.3) is 0 Å². The van der Waals surface area contributed by atoms with Gasteiger partial charge in [0, 0.05) is 24.3 Å². The second-order valence-electron chi connectivity index (χ2n) is 6.84. The van der Waals surface area contributed by atoms with E-state index < -0.39 is 0 Å². The molecule has 0 unspecified atom stereocenters. The van der Waals surface area contributed by atoms with E-state index in [1.54, 1.807) is 36.4 Å². The second kappa shape index (κ2) is 10.2. The van der Waals surface area contributed by atoms with E-state index >= 15 is 0 Å². The predicted octanol–water partition coefficient (Wildman–Crippen LogP) is 3.78. The minimum Gasteiger partial charge on any atom is -0.459 e. The van der Waals surface area contributed by atoms with Gasteiger partial charge in [-0.25, -0.2) is 0 Å². The topological polar surface area (TPSA) is 74.6 Å². The van der Waals surface area contributed by atoms with Crippen LogP contribution in [0.4, 0.5) is 5.69 Å². The lowest BCUT2D eigenvalue weighted by molar-refractivity contribution is 0.0951. The van der Waals surface area contributed by atoms with Crippen molar-refractivity contribution < 1.29 is 14.0 Å². The molecule has 1 aromatic heterocycles. The third-order valence-corrected chi connectivity index (χ3v) is 4.45. The summed E-state index contributed by atoms with van der Waals surface area (Å²) in [5.74, 6) is -0.213. The fourth-order valence-electron chi connectivity index (χ4n) is 2.93. The molecule has 2 amide bonds. The maximum atomic E-state index is 12.3. The van der Waals surface area contributed by atoms with Gasteiger partial charge in [-0.05, 0) is 62.0 Å². The summed E-state index contributed by atoms with van der Waals surface area (Å²) in [6, 6.07) is 20.3. The lowest BCUT2D eigenvalue weighted by Crippen LogP contribution is -2.28. The van der Waals surface area contributed by atoms with Gasteiger partial charge in [0.25, 0.3) is 11.8 Å². The summed E-state index contributed by atoms with van der Waals surface area (Å²) < 4.78 is 5.05. The molecule has 0 aliphatic rings. The number of furan rings is 1. The second-order valence-corrected chi connectivity index (χ2v) is 6.84. The smallest absolute Gasteiger partial charge is 0.291 e. The van der Waals surface area contributed by atoms with Gasteiger partial charge in [0.05, 0.1) is 6.26 Å². The van der Waals surface area contributed by atoms with Gasteiger partial charge in [0.15, 0.2) is 5.76 Å². The average Bonchev–Trinajstić information content (AvgIpc) is 3.27. The Morgan fingerprint density at radius 2 is 1.69 bits per heavy atom. The molecule has 1 heterocycles. The number of amides is 2. The molecular formula is C23H25N3O3. The van der Waals surface area contributed by atoms with Gasteiger partial charge in [0.1, 0.15) is 0 Å². The Labute approximate surface area is 170 Å². The fraction of sp³-hybridized carbons (Fsp3) is 0.217. The zero-order valence-electron chi connectivity index (χ0n) is 16.4. The highest BCUT2D eigenvalue weighted by atomic mass is 16.3. The van der Waals surface area contributed by atoms with Gasteiger partial charge in [-0.3, -0.25) is 9.59 Å². The molecule has 150 valence electrons. The van der Waals surface area contributed by atoms with Gasteiger partial charge < -0.3 is 20.0 Å². The van der Waals surface area contributed by atoms with E-state index in [2.05, 4.69) is 34.7 Å². The zero-order valence-corrected chi connectivity index (χ0v) is 16.4. The molecule has 0 saturated carbocycles. The van der Waals surface area contributed by atoms with Crippen molar-refractivity contribution in [3.63, 3.8) is 0 Å². The standard InChI is InChI=1S/C23H25N3O3/c1-26(17-18-7-3-2-4-8-18)15-6-14-24-22(27)19-10-12-20(13-11-19)25-23(28)21-9-5-16-29-21/h2-5,7-13,16H,6,14-15,17H2,1H3,(H,24,27)(H,25,28). The van der Waals surface area contributed by atoms with Crippen LogP contribution in [-0.4, -0.2) is 36.9 Å². The SMILES string of the molecule is CN(CCCNC(=O)c1ccc(NC(=O)c2ccco2)cc1)Cc1ccccc1. The van der Waals surface area contributed by atoms with Crippen LogP contribution < -0.4 is 10.6 Å². The molecule has 2 aromatic carbocycles. The van der Waals surface area contributed by atoms with Crippen molar-refractivity contribution in [2.75, 3.05) is 25.5 Å². The van der Waals surface area contributed by atoms with Crippen LogP contribution in [0.1, 0.15) is 32.9 Å². The van der Waals surface area contributed by atoms with Crippen LogP contribution in [0, 0.1) is 0 Å². The minimum absolute atomic E-state index is 0.125. The van der Waals surface area contributed by atoms with Crippen molar-refractivity contribution in [3.8, 4) is 0 Å². The number of nitrogens with one attached hydrogen (secondary N) is 2. The third-order valence-electron chi connectivity index (χ3n) is 4.45. The van der Waals surface area contributed by atoms with Crippen molar-refractivity contribution in [2.45, 2.75) is 13.0 Å². The Morgan fingerprint density at radius 1 is 0.931 bits per heavy atom. The molecular weight excluding hydrogens is 366 g/mol. The van der Waals surface area contributed by atoms with Crippen LogP contribution in [0.2, 0.25) is 0 Å². The number of rotatable bonds is 9. The van der Waals surface area contributed by atoms with Crippen LogP contribution in [0.3, 0.4) is 0 Å². The highest BCUT2D eigenvalue weighted by molar-refractivity contribution is 6.02. The van der Waals surface area contributed by atoms with Gasteiger partial charge in [-0.15, -0.1) is 0 Å². The zero-order chi connectivity index (χ0) is 20.5. The molecule has 0 aliphatic carbocycles. The van der Waals surface area contributed by atoms with E-state index in [0.29, 0.717) is 17.8 Å². The number of hydrogen-bond donors (Lipinski definition) is 2. The molecule has 0 saturated heterocycles. The highest BCUT2D eigenvalue weighted by Crippen LogP contribution is 2.12. The van der Waals surface area contributed by atoms with E-state index in [1.807, 2.05) is 18.2 Å². The summed E-state index contributed by atoms with van der Waals surface area (Å²) in [5, 5.41) is 5.66. The number of nitrogens with zero attached hydrogens (tertiary/aromatic N) is 1. The summed E-state index contributed by atoms with van der Waals surface area (Å²) in [5.41, 5.74) is 2.43. The Hall–Kier alpha value is -3.38. The lowest BCUT2D eigenvalue weighted by Gasteiger charge is -2.16. The summed E-state index contributed by atoms with van der Waals surface area (Å²) in [4.78, 5) is 26.5. The summed E-state index contributed by atoms with van der Waals surface area (Å²) in [7, 11) is 2.07. The van der Waals surface area contributed by atoms with Crippen molar-refractivity contribution in [3.05, 3.63) is 89.9 Å². The molecule has 29 heavy (non-hydrogen) atoms. The molecule has 0 radical (unpaired) electrons. The first-order valence-electron chi connectivity index (χ1n) is 9.57. The number of anilines is 1. The van der Waals surface area contributed by atoms with Crippen molar-refractivity contribution in [2.24, 2.45) is 0 Å². The Bertz CT molecular complexity index is 906. The molecule has 3 rings (SSSR count). The largest absolute Gasteiger partial charge is 0.459 e. The van der Waals surface area contributed by atoms with Crippen LogP contribution >= 0.6 is 0 Å². The molecule has 6 heteroatoms. The number of carbonyl (C=O) groups excluding carboxylic acids is 2. The molecule has 0 bridgehead atoms. The quantitative estimate of drug-likeness (QED) is 0.545. The van der Waals surface area contributed by atoms with E-state index in [0.717, 1.165) is 19.5 Å². The summed E-state index contributed by atoms with van der Waals surface area (Å²) in [6.07, 6.45) is 2.31. The number of benzene rings is 2. The first-order chi connectivity index (χ1) is 14.1. The highest BCUT2D eigenvalue weighted by Gasteiger charge is 2.10. The van der Waals surface area contributed by atoms with Crippen molar-refractivity contribution >= 4 is 17.5 Å². The van der Waals surface area contributed by atoms with E-state index in [9.17, 15) is 9.59 Å². The molecule has 0 atom stereocenters. The third kappa shape index (κ3) is 6.33.